The van der Waals surface area contributed by atoms with Gasteiger partial charge < -0.3 is 5.11 Å². The van der Waals surface area contributed by atoms with Crippen molar-refractivity contribution in [3.05, 3.63) is 48.0 Å². The SMILES string of the molecule is C=C(CC)CCC(C(=O)O)c1ccccc1. The van der Waals surface area contributed by atoms with E-state index in [2.05, 4.69) is 6.58 Å². The van der Waals surface area contributed by atoms with E-state index < -0.39 is 11.9 Å². The zero-order valence-electron chi connectivity index (χ0n) is 9.65. The molecule has 16 heavy (non-hydrogen) atoms. The van der Waals surface area contributed by atoms with Crippen LogP contribution < -0.4 is 0 Å². The Hall–Kier alpha value is -1.57. The van der Waals surface area contributed by atoms with Gasteiger partial charge in [0.1, 0.15) is 0 Å². The van der Waals surface area contributed by atoms with Crippen molar-refractivity contribution in [2.75, 3.05) is 0 Å². The number of carboxylic acid groups (broad SMARTS) is 1. The number of benzene rings is 1. The van der Waals surface area contributed by atoms with Crippen molar-refractivity contribution in [3.8, 4) is 0 Å². The van der Waals surface area contributed by atoms with Crippen molar-refractivity contribution in [2.45, 2.75) is 32.1 Å². The topological polar surface area (TPSA) is 37.3 Å². The van der Waals surface area contributed by atoms with Gasteiger partial charge in [0.25, 0.3) is 0 Å². The fraction of sp³-hybridized carbons (Fsp3) is 0.357. The lowest BCUT2D eigenvalue weighted by atomic mass is 9.92. The van der Waals surface area contributed by atoms with Crippen LogP contribution in [0.3, 0.4) is 0 Å². The largest absolute Gasteiger partial charge is 0.481 e. The van der Waals surface area contributed by atoms with Gasteiger partial charge in [-0.15, -0.1) is 0 Å². The van der Waals surface area contributed by atoms with Crippen molar-refractivity contribution in [3.63, 3.8) is 0 Å². The van der Waals surface area contributed by atoms with E-state index in [-0.39, 0.29) is 0 Å². The van der Waals surface area contributed by atoms with Crippen LogP contribution in [0.2, 0.25) is 0 Å². The first-order valence-electron chi connectivity index (χ1n) is 5.59. The molecule has 0 bridgehead atoms. The molecule has 1 N–H and O–H groups in total. The molecule has 0 saturated carbocycles. The van der Waals surface area contributed by atoms with E-state index in [1.807, 2.05) is 37.3 Å². The van der Waals surface area contributed by atoms with Gasteiger partial charge in [0.2, 0.25) is 0 Å². The predicted molar refractivity (Wildman–Crippen MR) is 65.5 cm³/mol. The summed E-state index contributed by atoms with van der Waals surface area (Å²) in [5.74, 6) is -1.17. The van der Waals surface area contributed by atoms with Crippen molar-refractivity contribution >= 4 is 5.97 Å². The fourth-order valence-corrected chi connectivity index (χ4v) is 1.64. The number of hydrogen-bond acceptors (Lipinski definition) is 1. The van der Waals surface area contributed by atoms with Gasteiger partial charge in [0.15, 0.2) is 0 Å². The molecule has 2 nitrogen and oxygen atoms in total. The van der Waals surface area contributed by atoms with Crippen LogP contribution >= 0.6 is 0 Å². The Morgan fingerprint density at radius 3 is 2.50 bits per heavy atom. The minimum atomic E-state index is -0.755. The zero-order valence-corrected chi connectivity index (χ0v) is 9.65. The Morgan fingerprint density at radius 1 is 1.38 bits per heavy atom. The molecule has 0 fully saturated rings. The van der Waals surface area contributed by atoms with E-state index in [0.717, 1.165) is 24.0 Å². The maximum Gasteiger partial charge on any atom is 0.310 e. The third-order valence-corrected chi connectivity index (χ3v) is 2.79. The molecule has 1 rings (SSSR count). The van der Waals surface area contributed by atoms with E-state index in [1.54, 1.807) is 0 Å². The van der Waals surface area contributed by atoms with Gasteiger partial charge in [-0.1, -0.05) is 49.4 Å². The predicted octanol–water partition coefficient (Wildman–Crippen LogP) is 3.60. The molecule has 0 amide bonds. The highest BCUT2D eigenvalue weighted by Gasteiger charge is 2.18. The standard InChI is InChI=1S/C14H18O2/c1-3-11(2)9-10-13(14(15)16)12-7-5-4-6-8-12/h4-8,13H,2-3,9-10H2,1H3,(H,15,16). The summed E-state index contributed by atoms with van der Waals surface area (Å²) < 4.78 is 0. The number of carbonyl (C=O) groups is 1. The lowest BCUT2D eigenvalue weighted by molar-refractivity contribution is -0.138. The molecule has 86 valence electrons. The van der Waals surface area contributed by atoms with Gasteiger partial charge in [-0.2, -0.15) is 0 Å². The second kappa shape index (κ2) is 6.11. The van der Waals surface area contributed by atoms with E-state index >= 15 is 0 Å². The molecule has 1 aromatic rings. The summed E-state index contributed by atoms with van der Waals surface area (Å²) in [5, 5.41) is 9.18. The quantitative estimate of drug-likeness (QED) is 0.741. The summed E-state index contributed by atoms with van der Waals surface area (Å²) in [6, 6.07) is 9.38. The minimum absolute atomic E-state index is 0.413. The zero-order chi connectivity index (χ0) is 12.0. The number of hydrogen-bond donors (Lipinski definition) is 1. The van der Waals surface area contributed by atoms with Gasteiger partial charge in [-0.3, -0.25) is 4.79 Å². The first-order valence-corrected chi connectivity index (χ1v) is 5.59. The van der Waals surface area contributed by atoms with Gasteiger partial charge in [0, 0.05) is 0 Å². The molecule has 0 saturated heterocycles. The molecular weight excluding hydrogens is 200 g/mol. The van der Waals surface area contributed by atoms with Crippen LogP contribution in [0.25, 0.3) is 0 Å². The summed E-state index contributed by atoms with van der Waals surface area (Å²) in [7, 11) is 0. The van der Waals surface area contributed by atoms with E-state index in [0.29, 0.717) is 6.42 Å². The van der Waals surface area contributed by atoms with Crippen LogP contribution in [-0.2, 0) is 4.79 Å². The molecule has 1 unspecified atom stereocenters. The Morgan fingerprint density at radius 2 is 2.00 bits per heavy atom. The van der Waals surface area contributed by atoms with Crippen molar-refractivity contribution in [1.29, 1.82) is 0 Å². The third-order valence-electron chi connectivity index (χ3n) is 2.79. The van der Waals surface area contributed by atoms with E-state index in [1.165, 1.54) is 0 Å². The van der Waals surface area contributed by atoms with Crippen molar-refractivity contribution in [2.24, 2.45) is 0 Å². The van der Waals surface area contributed by atoms with E-state index in [4.69, 9.17) is 0 Å². The lowest BCUT2D eigenvalue weighted by Crippen LogP contribution is -2.11. The van der Waals surface area contributed by atoms with Crippen LogP contribution in [0.1, 0.15) is 37.7 Å². The van der Waals surface area contributed by atoms with Crippen molar-refractivity contribution < 1.29 is 9.90 Å². The Kier molecular flexibility index (Phi) is 4.77. The average Bonchev–Trinajstić information content (AvgIpc) is 2.30. The van der Waals surface area contributed by atoms with Gasteiger partial charge in [-0.05, 0) is 24.8 Å². The molecule has 0 aliphatic heterocycles. The maximum absolute atomic E-state index is 11.2. The molecule has 0 aliphatic rings. The lowest BCUT2D eigenvalue weighted by Gasteiger charge is -2.13. The van der Waals surface area contributed by atoms with E-state index in [9.17, 15) is 9.90 Å². The summed E-state index contributed by atoms with van der Waals surface area (Å²) in [6.45, 7) is 5.95. The average molecular weight is 218 g/mol. The molecule has 2 heteroatoms. The summed E-state index contributed by atoms with van der Waals surface area (Å²) in [5.41, 5.74) is 1.99. The molecule has 0 spiro atoms. The molecule has 0 heterocycles. The molecule has 1 atom stereocenters. The fourth-order valence-electron chi connectivity index (χ4n) is 1.64. The van der Waals surface area contributed by atoms with Gasteiger partial charge in [-0.25, -0.2) is 0 Å². The summed E-state index contributed by atoms with van der Waals surface area (Å²) >= 11 is 0. The Labute approximate surface area is 96.6 Å². The highest BCUT2D eigenvalue weighted by molar-refractivity contribution is 5.76. The maximum atomic E-state index is 11.2. The number of rotatable bonds is 6. The summed E-state index contributed by atoms with van der Waals surface area (Å²) in [6.07, 6.45) is 2.33. The molecule has 0 aromatic heterocycles. The third kappa shape index (κ3) is 3.54. The molecule has 0 radical (unpaired) electrons. The van der Waals surface area contributed by atoms with Gasteiger partial charge in [0.05, 0.1) is 5.92 Å². The summed E-state index contributed by atoms with van der Waals surface area (Å²) in [4.78, 5) is 11.2. The highest BCUT2D eigenvalue weighted by atomic mass is 16.4. The monoisotopic (exact) mass is 218 g/mol. The molecule has 0 aliphatic carbocycles. The van der Waals surface area contributed by atoms with Crippen LogP contribution in [0.4, 0.5) is 0 Å². The Bertz CT molecular complexity index is 354. The van der Waals surface area contributed by atoms with Gasteiger partial charge >= 0.3 is 5.97 Å². The van der Waals surface area contributed by atoms with Crippen molar-refractivity contribution in [1.82, 2.24) is 0 Å². The van der Waals surface area contributed by atoms with Crippen LogP contribution in [-0.4, -0.2) is 11.1 Å². The number of aliphatic carboxylic acids is 1. The second-order valence-corrected chi connectivity index (χ2v) is 3.94. The molecule has 1 aromatic carbocycles. The number of carboxylic acids is 1. The van der Waals surface area contributed by atoms with Crippen LogP contribution in [0, 0.1) is 0 Å². The highest BCUT2D eigenvalue weighted by Crippen LogP contribution is 2.23. The normalized spacial score (nSPS) is 12.1. The first-order chi connectivity index (χ1) is 7.65. The Balaban J connectivity index is 2.69. The minimum Gasteiger partial charge on any atom is -0.481 e. The second-order valence-electron chi connectivity index (χ2n) is 3.94. The molecular formula is C14H18O2. The number of allylic oxidation sites excluding steroid dienone is 1. The first kappa shape index (κ1) is 12.5. The van der Waals surface area contributed by atoms with Crippen LogP contribution in [0.5, 0.6) is 0 Å². The van der Waals surface area contributed by atoms with Crippen LogP contribution in [0.15, 0.2) is 42.5 Å². The smallest absolute Gasteiger partial charge is 0.310 e.